The summed E-state index contributed by atoms with van der Waals surface area (Å²) in [5.74, 6) is -2.71. The molecule has 0 radical (unpaired) electrons. The van der Waals surface area contributed by atoms with Crippen LogP contribution in [-0.2, 0) is 4.79 Å². The molecule has 0 amide bonds. The van der Waals surface area contributed by atoms with Crippen molar-refractivity contribution in [3.05, 3.63) is 23.8 Å². The Morgan fingerprint density at radius 2 is 2.00 bits per heavy atom. The van der Waals surface area contributed by atoms with Gasteiger partial charge in [-0.25, -0.2) is 4.79 Å². The van der Waals surface area contributed by atoms with E-state index in [4.69, 9.17) is 15.3 Å². The van der Waals surface area contributed by atoms with Crippen LogP contribution in [0.15, 0.2) is 18.2 Å². The summed E-state index contributed by atoms with van der Waals surface area (Å²) in [7, 11) is 0. The summed E-state index contributed by atoms with van der Waals surface area (Å²) in [6.07, 6.45) is 1.79. The molecule has 0 saturated carbocycles. The Bertz CT molecular complexity index is 467. The Morgan fingerprint density at radius 3 is 2.37 bits per heavy atom. The molecule has 1 heterocycles. The highest BCUT2D eigenvalue weighted by Gasteiger charge is 2.18. The molecule has 0 bridgehead atoms. The molecule has 104 valence electrons. The van der Waals surface area contributed by atoms with Gasteiger partial charge < -0.3 is 30.5 Å². The van der Waals surface area contributed by atoms with E-state index in [1.807, 2.05) is 5.32 Å². The molecule has 1 aromatic carbocycles. The van der Waals surface area contributed by atoms with Crippen LogP contribution in [0.5, 0.6) is 11.5 Å². The molecule has 1 aromatic rings. The van der Waals surface area contributed by atoms with E-state index in [1.54, 1.807) is 0 Å². The molecule has 1 fully saturated rings. The number of benzene rings is 1. The lowest BCUT2D eigenvalue weighted by atomic mass is 10.2. The predicted octanol–water partition coefficient (Wildman–Crippen LogP) is -1.74. The highest BCUT2D eigenvalue weighted by Crippen LogP contribution is 2.21. The topological polar surface area (TPSA) is 134 Å². The van der Waals surface area contributed by atoms with Gasteiger partial charge in [0.25, 0.3) is 0 Å². The maximum absolute atomic E-state index is 10.3. The molecule has 1 aliphatic heterocycles. The quantitative estimate of drug-likeness (QED) is 0.471. The van der Waals surface area contributed by atoms with Crippen molar-refractivity contribution in [2.45, 2.75) is 18.9 Å². The molecule has 7 heteroatoms. The number of hydrogen-bond donors (Lipinski definition) is 4. The van der Waals surface area contributed by atoms with Gasteiger partial charge in [0.1, 0.15) is 23.1 Å². The Morgan fingerprint density at radius 1 is 1.32 bits per heavy atom. The summed E-state index contributed by atoms with van der Waals surface area (Å²) in [6, 6.07) is 3.06. The Balaban J connectivity index is 0.000000200. The minimum absolute atomic E-state index is 0.180. The maximum Gasteiger partial charge on any atom is 0.339 e. The second-order valence-electron chi connectivity index (χ2n) is 4.10. The minimum Gasteiger partial charge on any atom is -0.544 e. The van der Waals surface area contributed by atoms with E-state index in [0.717, 1.165) is 31.5 Å². The molecule has 5 N–H and O–H groups in total. The SMILES string of the molecule is O=C(O)c1cc(O)ccc1O.O=C([O-])[C@@H]1CCC[NH2+]1. The first-order chi connectivity index (χ1) is 8.91. The van der Waals surface area contributed by atoms with Crippen LogP contribution in [0.2, 0.25) is 0 Å². The van der Waals surface area contributed by atoms with E-state index in [0.29, 0.717) is 0 Å². The molecular weight excluding hydrogens is 254 g/mol. The highest BCUT2D eigenvalue weighted by atomic mass is 16.4. The van der Waals surface area contributed by atoms with Crippen molar-refractivity contribution in [1.82, 2.24) is 0 Å². The van der Waals surface area contributed by atoms with Crippen LogP contribution in [0.25, 0.3) is 0 Å². The fourth-order valence-electron chi connectivity index (χ4n) is 1.68. The van der Waals surface area contributed by atoms with E-state index in [9.17, 15) is 14.7 Å². The molecule has 0 aromatic heterocycles. The van der Waals surface area contributed by atoms with Gasteiger partial charge >= 0.3 is 5.97 Å². The number of carboxylic acids is 2. The molecule has 7 nitrogen and oxygen atoms in total. The smallest absolute Gasteiger partial charge is 0.339 e. The van der Waals surface area contributed by atoms with Gasteiger partial charge in [-0.3, -0.25) is 0 Å². The first-order valence-corrected chi connectivity index (χ1v) is 5.71. The zero-order chi connectivity index (χ0) is 14.4. The Hall–Kier alpha value is -2.28. The summed E-state index contributed by atoms with van der Waals surface area (Å²) in [4.78, 5) is 20.4. The van der Waals surface area contributed by atoms with Crippen LogP contribution in [0.4, 0.5) is 0 Å². The van der Waals surface area contributed by atoms with Gasteiger partial charge in [-0.05, 0) is 18.2 Å². The van der Waals surface area contributed by atoms with Crippen molar-refractivity contribution in [2.75, 3.05) is 6.54 Å². The third kappa shape index (κ3) is 4.47. The zero-order valence-electron chi connectivity index (χ0n) is 10.1. The van der Waals surface area contributed by atoms with Crippen molar-refractivity contribution < 1.29 is 35.3 Å². The van der Waals surface area contributed by atoms with Gasteiger partial charge in [-0.2, -0.15) is 0 Å². The summed E-state index contributed by atoms with van der Waals surface area (Å²) < 4.78 is 0. The number of aromatic hydroxyl groups is 2. The fourth-order valence-corrected chi connectivity index (χ4v) is 1.68. The molecule has 1 saturated heterocycles. The van der Waals surface area contributed by atoms with Gasteiger partial charge in [0.2, 0.25) is 0 Å². The largest absolute Gasteiger partial charge is 0.544 e. The number of phenolic OH excluding ortho intramolecular Hbond substituents is 1. The number of hydrogen-bond acceptors (Lipinski definition) is 5. The molecular formula is C12H15NO6. The predicted molar refractivity (Wildman–Crippen MR) is 61.6 cm³/mol. The van der Waals surface area contributed by atoms with Crippen LogP contribution in [-0.4, -0.2) is 39.8 Å². The average molecular weight is 269 g/mol. The minimum atomic E-state index is -1.27. The third-order valence-corrected chi connectivity index (χ3v) is 2.68. The van der Waals surface area contributed by atoms with Crippen molar-refractivity contribution in [3.63, 3.8) is 0 Å². The number of phenols is 2. The number of carboxylic acid groups (broad SMARTS) is 2. The summed E-state index contributed by atoms with van der Waals surface area (Å²) in [5, 5.41) is 38.0. The number of rotatable bonds is 2. The van der Waals surface area contributed by atoms with Crippen LogP contribution in [0.3, 0.4) is 0 Å². The number of carbonyl (C=O) groups excluding carboxylic acids is 1. The molecule has 19 heavy (non-hydrogen) atoms. The molecule has 1 atom stereocenters. The number of nitrogens with two attached hydrogens (primary N) is 1. The summed E-state index contributed by atoms with van der Waals surface area (Å²) in [6.45, 7) is 0.943. The summed E-state index contributed by atoms with van der Waals surface area (Å²) in [5.41, 5.74) is -0.301. The maximum atomic E-state index is 10.3. The zero-order valence-corrected chi connectivity index (χ0v) is 10.1. The van der Waals surface area contributed by atoms with Crippen LogP contribution >= 0.6 is 0 Å². The monoisotopic (exact) mass is 269 g/mol. The van der Waals surface area contributed by atoms with Crippen LogP contribution in [0, 0.1) is 0 Å². The summed E-state index contributed by atoms with van der Waals surface area (Å²) >= 11 is 0. The second-order valence-corrected chi connectivity index (χ2v) is 4.10. The lowest BCUT2D eigenvalue weighted by molar-refractivity contribution is -0.664. The lowest BCUT2D eigenvalue weighted by Gasteiger charge is -2.05. The van der Waals surface area contributed by atoms with E-state index in [-0.39, 0.29) is 23.1 Å². The molecule has 2 rings (SSSR count). The highest BCUT2D eigenvalue weighted by molar-refractivity contribution is 5.91. The number of quaternary nitrogens is 1. The van der Waals surface area contributed by atoms with E-state index in [2.05, 4.69) is 0 Å². The number of aromatic carboxylic acids is 1. The van der Waals surface area contributed by atoms with Gasteiger partial charge in [0.05, 0.1) is 12.5 Å². The van der Waals surface area contributed by atoms with Crippen molar-refractivity contribution >= 4 is 11.9 Å². The van der Waals surface area contributed by atoms with Gasteiger partial charge in [0.15, 0.2) is 0 Å². The Labute approximate surface area is 109 Å². The van der Waals surface area contributed by atoms with E-state index >= 15 is 0 Å². The standard InChI is InChI=1S/C7H6O4.C5H9NO2/c8-4-1-2-6(9)5(3-4)7(10)11;7-5(8)4-2-1-3-6-4/h1-3,8-9H,(H,10,11);4,6H,1-3H2,(H,7,8)/t;4-/m.0/s1. The van der Waals surface area contributed by atoms with Gasteiger partial charge in [0, 0.05) is 12.8 Å². The van der Waals surface area contributed by atoms with Crippen molar-refractivity contribution in [2.24, 2.45) is 0 Å². The Kier molecular flexibility index (Phi) is 5.13. The van der Waals surface area contributed by atoms with E-state index < -0.39 is 11.9 Å². The normalized spacial score (nSPS) is 17.4. The average Bonchev–Trinajstić information content (AvgIpc) is 2.86. The fraction of sp³-hybridized carbons (Fsp3) is 0.333. The van der Waals surface area contributed by atoms with Crippen molar-refractivity contribution in [1.29, 1.82) is 0 Å². The molecule has 1 aliphatic rings. The first-order valence-electron chi connectivity index (χ1n) is 5.71. The van der Waals surface area contributed by atoms with Crippen LogP contribution < -0.4 is 10.4 Å². The number of carbonyl (C=O) groups is 2. The lowest BCUT2D eigenvalue weighted by Crippen LogP contribution is -2.89. The first kappa shape index (κ1) is 14.8. The van der Waals surface area contributed by atoms with Gasteiger partial charge in [-0.15, -0.1) is 0 Å². The van der Waals surface area contributed by atoms with Gasteiger partial charge in [-0.1, -0.05) is 0 Å². The van der Waals surface area contributed by atoms with E-state index in [1.165, 1.54) is 6.07 Å². The molecule has 0 aliphatic carbocycles. The molecule has 0 unspecified atom stereocenters. The number of aliphatic carboxylic acids is 1. The van der Waals surface area contributed by atoms with Crippen molar-refractivity contribution in [3.8, 4) is 11.5 Å². The van der Waals surface area contributed by atoms with Crippen LogP contribution in [0.1, 0.15) is 23.2 Å². The third-order valence-electron chi connectivity index (χ3n) is 2.68. The molecule has 0 spiro atoms. The second kappa shape index (κ2) is 6.60.